The average molecular weight is 272 g/mol. The number of rotatable bonds is 3. The summed E-state index contributed by atoms with van der Waals surface area (Å²) in [5.74, 6) is 1.80. The summed E-state index contributed by atoms with van der Waals surface area (Å²) < 4.78 is 5.85. The van der Waals surface area contributed by atoms with Gasteiger partial charge in [0.1, 0.15) is 11.5 Å². The van der Waals surface area contributed by atoms with Crippen molar-refractivity contribution in [2.75, 3.05) is 7.05 Å². The van der Waals surface area contributed by atoms with Crippen molar-refractivity contribution in [1.82, 2.24) is 5.32 Å². The van der Waals surface area contributed by atoms with E-state index >= 15 is 0 Å². The smallest absolute Gasteiger partial charge is 0.134 e. The zero-order valence-corrected chi connectivity index (χ0v) is 11.4. The molecule has 0 aliphatic heterocycles. The summed E-state index contributed by atoms with van der Waals surface area (Å²) in [5, 5.41) is 6.01. The molecule has 1 N–H and O–H groups in total. The van der Waals surface area contributed by atoms with Crippen LogP contribution in [-0.4, -0.2) is 7.05 Å². The SMILES string of the molecule is CNCc1ccc(-c2ccc(Cl)c3ccccc23)o1. The van der Waals surface area contributed by atoms with Gasteiger partial charge >= 0.3 is 0 Å². The Labute approximate surface area is 117 Å². The van der Waals surface area contributed by atoms with Gasteiger partial charge in [0.25, 0.3) is 0 Å². The van der Waals surface area contributed by atoms with Crippen LogP contribution in [0.2, 0.25) is 5.02 Å². The molecule has 1 aromatic heterocycles. The fourth-order valence-corrected chi connectivity index (χ4v) is 2.50. The van der Waals surface area contributed by atoms with E-state index in [0.717, 1.165) is 39.4 Å². The first-order chi connectivity index (χ1) is 9.29. The van der Waals surface area contributed by atoms with E-state index in [-0.39, 0.29) is 0 Å². The lowest BCUT2D eigenvalue weighted by Crippen LogP contribution is -2.03. The second kappa shape index (κ2) is 5.08. The van der Waals surface area contributed by atoms with E-state index in [1.807, 2.05) is 49.5 Å². The summed E-state index contributed by atoms with van der Waals surface area (Å²) in [6, 6.07) is 16.0. The molecule has 3 rings (SSSR count). The molecule has 0 radical (unpaired) electrons. The van der Waals surface area contributed by atoms with Crippen molar-refractivity contribution in [3.8, 4) is 11.3 Å². The van der Waals surface area contributed by atoms with Crippen LogP contribution in [0.25, 0.3) is 22.1 Å². The highest BCUT2D eigenvalue weighted by molar-refractivity contribution is 6.36. The Morgan fingerprint density at radius 3 is 2.58 bits per heavy atom. The first kappa shape index (κ1) is 12.3. The highest BCUT2D eigenvalue weighted by atomic mass is 35.5. The Morgan fingerprint density at radius 2 is 1.79 bits per heavy atom. The van der Waals surface area contributed by atoms with Gasteiger partial charge in [-0.05, 0) is 36.7 Å². The second-order valence-corrected chi connectivity index (χ2v) is 4.84. The Bertz CT molecular complexity index is 718. The highest BCUT2D eigenvalue weighted by Crippen LogP contribution is 2.33. The van der Waals surface area contributed by atoms with Gasteiger partial charge in [-0.1, -0.05) is 35.9 Å². The van der Waals surface area contributed by atoms with Crippen molar-refractivity contribution in [2.24, 2.45) is 0 Å². The third-order valence-electron chi connectivity index (χ3n) is 3.15. The third kappa shape index (κ3) is 2.25. The number of halogens is 1. The normalized spacial score (nSPS) is 11.1. The number of hydrogen-bond acceptors (Lipinski definition) is 2. The molecule has 0 saturated carbocycles. The quantitative estimate of drug-likeness (QED) is 0.760. The van der Waals surface area contributed by atoms with Gasteiger partial charge in [0.05, 0.1) is 6.54 Å². The van der Waals surface area contributed by atoms with E-state index in [9.17, 15) is 0 Å². The molecule has 3 aromatic rings. The lowest BCUT2D eigenvalue weighted by atomic mass is 10.0. The molecule has 0 bridgehead atoms. The van der Waals surface area contributed by atoms with E-state index in [0.29, 0.717) is 0 Å². The number of nitrogens with one attached hydrogen (secondary N) is 1. The van der Waals surface area contributed by atoms with Gasteiger partial charge in [0.15, 0.2) is 0 Å². The van der Waals surface area contributed by atoms with Gasteiger partial charge in [-0.3, -0.25) is 0 Å². The molecule has 1 heterocycles. The van der Waals surface area contributed by atoms with Gasteiger partial charge < -0.3 is 9.73 Å². The predicted octanol–water partition coefficient (Wildman–Crippen LogP) is 4.47. The first-order valence-electron chi connectivity index (χ1n) is 6.20. The molecule has 19 heavy (non-hydrogen) atoms. The van der Waals surface area contributed by atoms with Crippen LogP contribution in [0.1, 0.15) is 5.76 Å². The molecule has 0 amide bonds. The van der Waals surface area contributed by atoms with Gasteiger partial charge in [-0.25, -0.2) is 0 Å². The van der Waals surface area contributed by atoms with Crippen LogP contribution in [0, 0.1) is 0 Å². The fourth-order valence-electron chi connectivity index (χ4n) is 2.27. The average Bonchev–Trinajstić information content (AvgIpc) is 2.88. The fraction of sp³-hybridized carbons (Fsp3) is 0.125. The Kier molecular flexibility index (Phi) is 3.28. The second-order valence-electron chi connectivity index (χ2n) is 4.44. The minimum atomic E-state index is 0.728. The molecule has 0 saturated heterocycles. The summed E-state index contributed by atoms with van der Waals surface area (Å²) in [4.78, 5) is 0. The molecule has 2 nitrogen and oxygen atoms in total. The van der Waals surface area contributed by atoms with Crippen molar-refractivity contribution >= 4 is 22.4 Å². The summed E-state index contributed by atoms with van der Waals surface area (Å²) in [5.41, 5.74) is 1.07. The minimum absolute atomic E-state index is 0.728. The van der Waals surface area contributed by atoms with E-state index < -0.39 is 0 Å². The monoisotopic (exact) mass is 271 g/mol. The standard InChI is InChI=1S/C16H14ClNO/c1-18-10-11-6-9-16(19-11)14-7-8-15(17)13-5-3-2-4-12(13)14/h2-9,18H,10H2,1H3. The Hall–Kier alpha value is -1.77. The van der Waals surface area contributed by atoms with Crippen molar-refractivity contribution < 1.29 is 4.42 Å². The van der Waals surface area contributed by atoms with Crippen LogP contribution in [0.15, 0.2) is 52.9 Å². The number of fused-ring (bicyclic) bond motifs is 1. The van der Waals surface area contributed by atoms with Crippen molar-refractivity contribution in [2.45, 2.75) is 6.54 Å². The van der Waals surface area contributed by atoms with E-state index in [4.69, 9.17) is 16.0 Å². The zero-order chi connectivity index (χ0) is 13.2. The molecule has 3 heteroatoms. The summed E-state index contributed by atoms with van der Waals surface area (Å²) in [6.07, 6.45) is 0. The number of benzene rings is 2. The zero-order valence-electron chi connectivity index (χ0n) is 10.6. The molecule has 96 valence electrons. The lowest BCUT2D eigenvalue weighted by Gasteiger charge is -2.05. The maximum Gasteiger partial charge on any atom is 0.134 e. The lowest BCUT2D eigenvalue weighted by molar-refractivity contribution is 0.507. The minimum Gasteiger partial charge on any atom is -0.460 e. The van der Waals surface area contributed by atoms with Crippen LogP contribution in [0.3, 0.4) is 0 Å². The summed E-state index contributed by atoms with van der Waals surface area (Å²) in [7, 11) is 1.90. The van der Waals surface area contributed by atoms with Gasteiger partial charge in [-0.2, -0.15) is 0 Å². The van der Waals surface area contributed by atoms with Crippen molar-refractivity contribution in [1.29, 1.82) is 0 Å². The van der Waals surface area contributed by atoms with Crippen molar-refractivity contribution in [3.63, 3.8) is 0 Å². The molecule has 0 fully saturated rings. The predicted molar refractivity (Wildman–Crippen MR) is 79.4 cm³/mol. The largest absolute Gasteiger partial charge is 0.460 e. The van der Waals surface area contributed by atoms with Crippen LogP contribution in [0.5, 0.6) is 0 Å². The van der Waals surface area contributed by atoms with Crippen LogP contribution >= 0.6 is 11.6 Å². The number of hydrogen-bond donors (Lipinski definition) is 1. The van der Waals surface area contributed by atoms with Gasteiger partial charge in [0, 0.05) is 16.0 Å². The topological polar surface area (TPSA) is 25.2 Å². The maximum absolute atomic E-state index is 6.23. The molecular formula is C16H14ClNO. The molecule has 0 aliphatic rings. The highest BCUT2D eigenvalue weighted by Gasteiger charge is 2.09. The summed E-state index contributed by atoms with van der Waals surface area (Å²) >= 11 is 6.23. The van der Waals surface area contributed by atoms with Gasteiger partial charge in [0.2, 0.25) is 0 Å². The van der Waals surface area contributed by atoms with Crippen molar-refractivity contribution in [3.05, 3.63) is 59.3 Å². The van der Waals surface area contributed by atoms with Crippen LogP contribution < -0.4 is 5.32 Å². The van der Waals surface area contributed by atoms with Gasteiger partial charge in [-0.15, -0.1) is 0 Å². The Morgan fingerprint density at radius 1 is 1.00 bits per heavy atom. The molecular weight excluding hydrogens is 258 g/mol. The molecule has 2 aromatic carbocycles. The Balaban J connectivity index is 2.16. The molecule has 0 unspecified atom stereocenters. The molecule has 0 spiro atoms. The number of furan rings is 1. The van der Waals surface area contributed by atoms with E-state index in [1.165, 1.54) is 0 Å². The van der Waals surface area contributed by atoms with E-state index in [2.05, 4.69) is 11.4 Å². The molecule has 0 aliphatic carbocycles. The summed E-state index contributed by atoms with van der Waals surface area (Å²) in [6.45, 7) is 0.728. The first-order valence-corrected chi connectivity index (χ1v) is 6.58. The molecule has 0 atom stereocenters. The van der Waals surface area contributed by atoms with Crippen LogP contribution in [0.4, 0.5) is 0 Å². The van der Waals surface area contributed by atoms with E-state index in [1.54, 1.807) is 0 Å². The van der Waals surface area contributed by atoms with Crippen LogP contribution in [-0.2, 0) is 6.54 Å². The third-order valence-corrected chi connectivity index (χ3v) is 3.48. The maximum atomic E-state index is 6.23.